The van der Waals surface area contributed by atoms with Crippen LogP contribution in [0.5, 0.6) is 0 Å². The first-order chi connectivity index (χ1) is 8.61. The lowest BCUT2D eigenvalue weighted by Gasteiger charge is -2.20. The molecule has 0 spiro atoms. The number of nitriles is 1. The third kappa shape index (κ3) is 2.36. The molecule has 1 aliphatic rings. The first-order valence-electron chi connectivity index (χ1n) is 5.59. The van der Waals surface area contributed by atoms with Crippen LogP contribution in [0.15, 0.2) is 23.2 Å². The van der Waals surface area contributed by atoms with Crippen molar-refractivity contribution >= 4 is 10.0 Å². The van der Waals surface area contributed by atoms with Gasteiger partial charge in [-0.05, 0) is 25.0 Å². The van der Waals surface area contributed by atoms with Crippen molar-refractivity contribution in [3.8, 4) is 6.07 Å². The molecule has 7 heteroatoms. The van der Waals surface area contributed by atoms with E-state index in [9.17, 15) is 8.42 Å². The number of hydrogen-bond donors (Lipinski definition) is 1. The number of sulfonamides is 1. The molecule has 0 aliphatic heterocycles. The minimum absolute atomic E-state index is 0.0484. The molecule has 1 aliphatic carbocycles. The predicted molar refractivity (Wildman–Crippen MR) is 63.0 cm³/mol. The zero-order chi connectivity index (χ0) is 13.2. The normalized spacial score (nSPS) is 15.6. The van der Waals surface area contributed by atoms with E-state index in [1.165, 1.54) is 22.6 Å². The molecule has 96 valence electrons. The molecule has 0 radical (unpaired) electrons. The van der Waals surface area contributed by atoms with Gasteiger partial charge in [-0.3, -0.25) is 0 Å². The fourth-order valence-corrected chi connectivity index (χ4v) is 3.54. The van der Waals surface area contributed by atoms with Gasteiger partial charge in [-0.15, -0.1) is 0 Å². The van der Waals surface area contributed by atoms with Crippen LogP contribution in [0.25, 0.3) is 0 Å². The highest BCUT2D eigenvalue weighted by Gasteiger charge is 2.38. The maximum absolute atomic E-state index is 12.4. The molecule has 0 amide bonds. The second kappa shape index (κ2) is 5.02. The van der Waals surface area contributed by atoms with Crippen LogP contribution in [0.4, 0.5) is 0 Å². The summed E-state index contributed by atoms with van der Waals surface area (Å²) in [5, 5.41) is 17.9. The summed E-state index contributed by atoms with van der Waals surface area (Å²) in [6, 6.07) is 4.57. The number of hydrogen-bond acceptors (Lipinski definition) is 5. The molecule has 1 N–H and O–H groups in total. The molecule has 1 heterocycles. The SMILES string of the molecule is N#Cc1ncccc1S(=O)(=O)N(CCO)C1CC1. The van der Waals surface area contributed by atoms with Gasteiger partial charge in [0.15, 0.2) is 5.69 Å². The third-order valence-corrected chi connectivity index (χ3v) is 4.72. The molecule has 6 nitrogen and oxygen atoms in total. The maximum atomic E-state index is 12.4. The molecule has 0 saturated heterocycles. The minimum Gasteiger partial charge on any atom is -0.395 e. The molecular formula is C11H13N3O3S. The number of aliphatic hydroxyl groups is 1. The van der Waals surface area contributed by atoms with Gasteiger partial charge < -0.3 is 5.11 Å². The first kappa shape index (κ1) is 13.0. The van der Waals surface area contributed by atoms with Crippen molar-refractivity contribution in [3.63, 3.8) is 0 Å². The van der Waals surface area contributed by atoms with E-state index in [2.05, 4.69) is 4.98 Å². The van der Waals surface area contributed by atoms with Gasteiger partial charge in [0.1, 0.15) is 11.0 Å². The summed E-state index contributed by atoms with van der Waals surface area (Å²) in [6.07, 6.45) is 2.97. The molecule has 1 saturated carbocycles. The second-order valence-electron chi connectivity index (χ2n) is 4.03. The third-order valence-electron chi connectivity index (χ3n) is 2.74. The highest BCUT2D eigenvalue weighted by molar-refractivity contribution is 7.89. The average Bonchev–Trinajstić information content (AvgIpc) is 3.19. The van der Waals surface area contributed by atoms with Crippen LogP contribution in [-0.4, -0.2) is 42.0 Å². The molecule has 0 aromatic carbocycles. The summed E-state index contributed by atoms with van der Waals surface area (Å²) >= 11 is 0. The number of aromatic nitrogens is 1. The number of pyridine rings is 1. The van der Waals surface area contributed by atoms with Crippen LogP contribution in [0.1, 0.15) is 18.5 Å². The molecule has 0 bridgehead atoms. The fourth-order valence-electron chi connectivity index (χ4n) is 1.77. The number of aliphatic hydroxyl groups excluding tert-OH is 1. The lowest BCUT2D eigenvalue weighted by atomic mass is 10.4. The van der Waals surface area contributed by atoms with Crippen LogP contribution < -0.4 is 0 Å². The topological polar surface area (TPSA) is 94.3 Å². The molecule has 18 heavy (non-hydrogen) atoms. The lowest BCUT2D eigenvalue weighted by molar-refractivity contribution is 0.250. The van der Waals surface area contributed by atoms with E-state index in [-0.39, 0.29) is 29.8 Å². The molecule has 0 atom stereocenters. The highest BCUT2D eigenvalue weighted by atomic mass is 32.2. The molecule has 1 aromatic heterocycles. The van der Waals surface area contributed by atoms with E-state index in [1.807, 2.05) is 0 Å². The predicted octanol–water partition coefficient (Wildman–Crippen LogP) is 0.0987. The molecular weight excluding hydrogens is 254 g/mol. The summed E-state index contributed by atoms with van der Waals surface area (Å²) < 4.78 is 26.1. The van der Waals surface area contributed by atoms with Gasteiger partial charge in [0.2, 0.25) is 10.0 Å². The monoisotopic (exact) mass is 267 g/mol. The fraction of sp³-hybridized carbons (Fsp3) is 0.455. The van der Waals surface area contributed by atoms with Crippen molar-refractivity contribution in [2.45, 2.75) is 23.8 Å². The van der Waals surface area contributed by atoms with Crippen LogP contribution in [0, 0.1) is 11.3 Å². The molecule has 2 rings (SSSR count). The maximum Gasteiger partial charge on any atom is 0.246 e. The Bertz CT molecular complexity index is 575. The van der Waals surface area contributed by atoms with Gasteiger partial charge in [-0.1, -0.05) is 0 Å². The standard InChI is InChI=1S/C11H13N3O3S/c12-8-10-11(2-1-5-13-10)18(16,17)14(6-7-15)9-3-4-9/h1-2,5,9,15H,3-4,6-7H2. The Morgan fingerprint density at radius 1 is 1.56 bits per heavy atom. The summed E-state index contributed by atoms with van der Waals surface area (Å²) in [6.45, 7) is -0.190. The van der Waals surface area contributed by atoms with Crippen LogP contribution in [0.2, 0.25) is 0 Å². The van der Waals surface area contributed by atoms with Gasteiger partial charge >= 0.3 is 0 Å². The van der Waals surface area contributed by atoms with Crippen LogP contribution in [-0.2, 0) is 10.0 Å². The Labute approximate surface area is 106 Å². The van der Waals surface area contributed by atoms with Crippen molar-refractivity contribution in [3.05, 3.63) is 24.0 Å². The second-order valence-corrected chi connectivity index (χ2v) is 5.89. The highest BCUT2D eigenvalue weighted by Crippen LogP contribution is 2.32. The lowest BCUT2D eigenvalue weighted by Crippen LogP contribution is -2.36. The van der Waals surface area contributed by atoms with E-state index in [1.54, 1.807) is 6.07 Å². The van der Waals surface area contributed by atoms with Crippen LogP contribution in [0.3, 0.4) is 0 Å². The Morgan fingerprint density at radius 2 is 2.28 bits per heavy atom. The van der Waals surface area contributed by atoms with Gasteiger partial charge in [-0.25, -0.2) is 13.4 Å². The van der Waals surface area contributed by atoms with Gasteiger partial charge in [-0.2, -0.15) is 9.57 Å². The van der Waals surface area contributed by atoms with Crippen molar-refractivity contribution in [2.75, 3.05) is 13.2 Å². The van der Waals surface area contributed by atoms with Crippen molar-refractivity contribution in [1.29, 1.82) is 5.26 Å². The van der Waals surface area contributed by atoms with E-state index in [0.717, 1.165) is 12.8 Å². The van der Waals surface area contributed by atoms with Crippen molar-refractivity contribution in [2.24, 2.45) is 0 Å². The molecule has 1 fully saturated rings. The minimum atomic E-state index is -3.75. The summed E-state index contributed by atoms with van der Waals surface area (Å²) in [5.41, 5.74) is -0.110. The average molecular weight is 267 g/mol. The van der Waals surface area contributed by atoms with Crippen molar-refractivity contribution in [1.82, 2.24) is 9.29 Å². The van der Waals surface area contributed by atoms with Crippen LogP contribution >= 0.6 is 0 Å². The van der Waals surface area contributed by atoms with E-state index < -0.39 is 10.0 Å². The van der Waals surface area contributed by atoms with Gasteiger partial charge in [0, 0.05) is 18.8 Å². The Kier molecular flexibility index (Phi) is 3.61. The summed E-state index contributed by atoms with van der Waals surface area (Å²) in [5.74, 6) is 0. The molecule has 1 aromatic rings. The van der Waals surface area contributed by atoms with E-state index in [0.29, 0.717) is 0 Å². The Morgan fingerprint density at radius 3 is 2.83 bits per heavy atom. The Hall–Kier alpha value is -1.49. The largest absolute Gasteiger partial charge is 0.395 e. The first-order valence-corrected chi connectivity index (χ1v) is 7.03. The van der Waals surface area contributed by atoms with Crippen molar-refractivity contribution < 1.29 is 13.5 Å². The smallest absolute Gasteiger partial charge is 0.246 e. The molecule has 0 unspecified atom stereocenters. The summed E-state index contributed by atoms with van der Waals surface area (Å²) in [4.78, 5) is 3.67. The number of rotatable bonds is 5. The zero-order valence-electron chi connectivity index (χ0n) is 9.65. The quantitative estimate of drug-likeness (QED) is 0.816. The van der Waals surface area contributed by atoms with E-state index >= 15 is 0 Å². The summed E-state index contributed by atoms with van der Waals surface area (Å²) in [7, 11) is -3.75. The Balaban J connectivity index is 2.43. The van der Waals surface area contributed by atoms with Gasteiger partial charge in [0.05, 0.1) is 6.61 Å². The zero-order valence-corrected chi connectivity index (χ0v) is 10.5. The number of nitrogens with zero attached hydrogens (tertiary/aromatic N) is 3. The van der Waals surface area contributed by atoms with E-state index in [4.69, 9.17) is 10.4 Å². The van der Waals surface area contributed by atoms with Gasteiger partial charge in [0.25, 0.3) is 0 Å².